The Morgan fingerprint density at radius 2 is 1.94 bits per heavy atom. The van der Waals surface area contributed by atoms with Gasteiger partial charge in [0.2, 0.25) is 0 Å². The number of fused-ring (bicyclic) bond motifs is 3. The molecule has 0 radical (unpaired) electrons. The van der Waals surface area contributed by atoms with Crippen LogP contribution in [0.2, 0.25) is 0 Å². The maximum Gasteiger partial charge on any atom is 0.312 e. The Labute approximate surface area is 198 Å². The number of aromatic nitrogens is 3. The molecular formula is C25H30N6O3. The molecule has 5 N–H and O–H groups in total. The number of nitrogens with zero attached hydrogens (tertiary/aromatic N) is 3. The molecule has 0 saturated heterocycles. The maximum atomic E-state index is 10.9. The number of urea groups is 1. The lowest BCUT2D eigenvalue weighted by atomic mass is 10.1. The number of pyridine rings is 1. The summed E-state index contributed by atoms with van der Waals surface area (Å²) in [5.74, 6) is 2.01. The van der Waals surface area contributed by atoms with Crippen molar-refractivity contribution in [1.29, 1.82) is 0 Å². The van der Waals surface area contributed by atoms with Crippen LogP contribution >= 0.6 is 0 Å². The fourth-order valence-corrected chi connectivity index (χ4v) is 4.00. The second-order valence-electron chi connectivity index (χ2n) is 8.07. The van der Waals surface area contributed by atoms with Gasteiger partial charge in [-0.3, -0.25) is 0 Å². The molecule has 4 rings (SSSR count). The summed E-state index contributed by atoms with van der Waals surface area (Å²) in [7, 11) is 1.67. The number of ether oxygens (including phenoxy) is 2. The predicted molar refractivity (Wildman–Crippen MR) is 133 cm³/mol. The monoisotopic (exact) mass is 462 g/mol. The van der Waals surface area contributed by atoms with Gasteiger partial charge in [0.05, 0.1) is 17.6 Å². The molecule has 0 aliphatic heterocycles. The minimum atomic E-state index is -0.510. The highest BCUT2D eigenvalue weighted by Gasteiger charge is 2.17. The van der Waals surface area contributed by atoms with Crippen molar-refractivity contribution in [3.8, 4) is 5.75 Å². The van der Waals surface area contributed by atoms with E-state index in [1.165, 1.54) is 0 Å². The molecule has 2 heterocycles. The van der Waals surface area contributed by atoms with Crippen LogP contribution in [0.4, 0.5) is 10.6 Å². The number of primary amides is 1. The lowest BCUT2D eigenvalue weighted by Crippen LogP contribution is -2.30. The zero-order chi connectivity index (χ0) is 23.9. The van der Waals surface area contributed by atoms with Crippen molar-refractivity contribution in [3.05, 3.63) is 59.9 Å². The molecule has 0 aliphatic carbocycles. The summed E-state index contributed by atoms with van der Waals surface area (Å²) in [6.07, 6.45) is 2.29. The molecule has 0 spiro atoms. The number of hydrogen-bond acceptors (Lipinski definition) is 6. The molecule has 2 amide bonds. The highest BCUT2D eigenvalue weighted by Crippen LogP contribution is 2.31. The van der Waals surface area contributed by atoms with Gasteiger partial charge in [-0.05, 0) is 30.5 Å². The van der Waals surface area contributed by atoms with Gasteiger partial charge in [-0.15, -0.1) is 0 Å². The van der Waals surface area contributed by atoms with Crippen LogP contribution in [0.5, 0.6) is 5.75 Å². The van der Waals surface area contributed by atoms with E-state index in [2.05, 4.69) is 14.9 Å². The summed E-state index contributed by atoms with van der Waals surface area (Å²) in [5, 5.41) is 3.59. The Balaban J connectivity index is 1.65. The smallest absolute Gasteiger partial charge is 0.312 e. The summed E-state index contributed by atoms with van der Waals surface area (Å²) in [6.45, 7) is 2.28. The molecule has 0 saturated carbocycles. The first-order valence-electron chi connectivity index (χ1n) is 11.3. The number of methoxy groups -OCH3 is 1. The van der Waals surface area contributed by atoms with Crippen LogP contribution in [0, 0.1) is 0 Å². The van der Waals surface area contributed by atoms with E-state index in [9.17, 15) is 4.79 Å². The molecule has 34 heavy (non-hydrogen) atoms. The first-order chi connectivity index (χ1) is 16.6. The summed E-state index contributed by atoms with van der Waals surface area (Å²) in [5.41, 5.74) is 15.0. The standard InChI is InChI=1S/C25H30N6O3/c1-33-14-11-21-30-22-23(31(21)13-6-5-12-28-25(27)32)19-10-9-18(15-20(19)29-24(22)26)34-16-17-7-3-2-4-8-17/h2-4,7-10,15H,5-6,11-14,16H2,1H3,(H2,26,29)(H3,27,28,32). The van der Waals surface area contributed by atoms with E-state index in [0.29, 0.717) is 37.5 Å². The van der Waals surface area contributed by atoms with Gasteiger partial charge in [0.25, 0.3) is 0 Å². The largest absolute Gasteiger partial charge is 0.489 e. The van der Waals surface area contributed by atoms with Gasteiger partial charge in [-0.2, -0.15) is 0 Å². The van der Waals surface area contributed by atoms with Crippen LogP contribution in [0.15, 0.2) is 48.5 Å². The summed E-state index contributed by atoms with van der Waals surface area (Å²) in [4.78, 5) is 20.3. The van der Waals surface area contributed by atoms with Gasteiger partial charge in [-0.25, -0.2) is 14.8 Å². The number of unbranched alkanes of at least 4 members (excludes halogenated alkanes) is 1. The minimum absolute atomic E-state index is 0.385. The van der Waals surface area contributed by atoms with E-state index in [4.69, 9.17) is 25.9 Å². The van der Waals surface area contributed by atoms with Gasteiger partial charge in [0.15, 0.2) is 5.82 Å². The number of rotatable bonds is 11. The summed E-state index contributed by atoms with van der Waals surface area (Å²) >= 11 is 0. The van der Waals surface area contributed by atoms with Crippen molar-refractivity contribution >= 4 is 33.8 Å². The topological polar surface area (TPSA) is 130 Å². The number of amides is 2. The Kier molecular flexibility index (Phi) is 7.44. The molecule has 0 fully saturated rings. The van der Waals surface area contributed by atoms with Crippen LogP contribution in [0.1, 0.15) is 24.2 Å². The minimum Gasteiger partial charge on any atom is -0.489 e. The Morgan fingerprint density at radius 1 is 1.12 bits per heavy atom. The molecule has 9 heteroatoms. The molecule has 178 valence electrons. The average molecular weight is 463 g/mol. The third kappa shape index (κ3) is 5.37. The van der Waals surface area contributed by atoms with Crippen LogP contribution in [-0.2, 0) is 24.3 Å². The highest BCUT2D eigenvalue weighted by molar-refractivity contribution is 6.06. The van der Waals surface area contributed by atoms with Crippen molar-refractivity contribution < 1.29 is 14.3 Å². The van der Waals surface area contributed by atoms with Crippen LogP contribution in [-0.4, -0.2) is 40.8 Å². The number of hydrogen-bond donors (Lipinski definition) is 3. The van der Waals surface area contributed by atoms with Crippen LogP contribution in [0.3, 0.4) is 0 Å². The molecule has 0 bridgehead atoms. The molecule has 4 aromatic rings. The van der Waals surface area contributed by atoms with Crippen LogP contribution in [0.25, 0.3) is 21.9 Å². The SMILES string of the molecule is COCCc1nc2c(N)nc3cc(OCc4ccccc4)ccc3c2n1CCCCNC(N)=O. The van der Waals surface area contributed by atoms with E-state index in [-0.39, 0.29) is 0 Å². The lowest BCUT2D eigenvalue weighted by Gasteiger charge is -2.12. The number of anilines is 1. The third-order valence-corrected chi connectivity index (χ3v) is 5.64. The zero-order valence-corrected chi connectivity index (χ0v) is 19.3. The molecule has 0 unspecified atom stereocenters. The molecule has 2 aromatic heterocycles. The molecule has 0 atom stereocenters. The van der Waals surface area contributed by atoms with Gasteiger partial charge in [0, 0.05) is 38.1 Å². The number of nitrogens with two attached hydrogens (primary N) is 2. The predicted octanol–water partition coefficient (Wildman–Crippen LogP) is 3.38. The third-order valence-electron chi connectivity index (χ3n) is 5.64. The average Bonchev–Trinajstić information content (AvgIpc) is 3.20. The highest BCUT2D eigenvalue weighted by atomic mass is 16.5. The van der Waals surface area contributed by atoms with Gasteiger partial charge >= 0.3 is 6.03 Å². The molecule has 2 aromatic carbocycles. The van der Waals surface area contributed by atoms with Crippen molar-refractivity contribution in [3.63, 3.8) is 0 Å². The Bertz CT molecular complexity index is 1270. The second-order valence-corrected chi connectivity index (χ2v) is 8.07. The van der Waals surface area contributed by atoms with Gasteiger partial charge < -0.3 is 30.8 Å². The quantitative estimate of drug-likeness (QED) is 0.293. The first kappa shape index (κ1) is 23.3. The zero-order valence-electron chi connectivity index (χ0n) is 19.3. The Hall–Kier alpha value is -3.85. The number of nitrogen functional groups attached to an aromatic ring is 1. The fourth-order valence-electron chi connectivity index (χ4n) is 4.00. The lowest BCUT2D eigenvalue weighted by molar-refractivity contribution is 0.199. The number of carbonyl (C=O) groups is 1. The molecular weight excluding hydrogens is 432 g/mol. The van der Waals surface area contributed by atoms with E-state index in [1.54, 1.807) is 7.11 Å². The van der Waals surface area contributed by atoms with E-state index < -0.39 is 6.03 Å². The number of benzene rings is 2. The number of carbonyl (C=O) groups excluding carboxylic acids is 1. The first-order valence-corrected chi connectivity index (χ1v) is 11.3. The van der Waals surface area contributed by atoms with Crippen molar-refractivity contribution in [2.75, 3.05) is 26.0 Å². The Morgan fingerprint density at radius 3 is 2.71 bits per heavy atom. The van der Waals surface area contributed by atoms with E-state index >= 15 is 0 Å². The van der Waals surface area contributed by atoms with Crippen LogP contribution < -0.4 is 21.5 Å². The molecule has 9 nitrogen and oxygen atoms in total. The maximum absolute atomic E-state index is 10.9. The summed E-state index contributed by atoms with van der Waals surface area (Å²) in [6, 6.07) is 15.4. The van der Waals surface area contributed by atoms with E-state index in [1.807, 2.05) is 48.5 Å². The van der Waals surface area contributed by atoms with Crippen molar-refractivity contribution in [2.24, 2.45) is 5.73 Å². The van der Waals surface area contributed by atoms with Gasteiger partial charge in [0.1, 0.15) is 23.7 Å². The molecule has 0 aliphatic rings. The van der Waals surface area contributed by atoms with E-state index in [0.717, 1.165) is 52.9 Å². The fraction of sp³-hybridized carbons (Fsp3) is 0.320. The normalized spacial score (nSPS) is 11.2. The second kappa shape index (κ2) is 10.8. The number of aryl methyl sites for hydroxylation is 1. The van der Waals surface area contributed by atoms with Crippen molar-refractivity contribution in [1.82, 2.24) is 19.9 Å². The summed E-state index contributed by atoms with van der Waals surface area (Å²) < 4.78 is 13.5. The number of imidazole rings is 1. The number of nitrogens with one attached hydrogen (secondary N) is 1. The van der Waals surface area contributed by atoms with Crippen molar-refractivity contribution in [2.45, 2.75) is 32.4 Å². The van der Waals surface area contributed by atoms with Gasteiger partial charge in [-0.1, -0.05) is 30.3 Å².